The summed E-state index contributed by atoms with van der Waals surface area (Å²) in [5, 5.41) is 0. The van der Waals surface area contributed by atoms with Crippen molar-refractivity contribution < 1.29 is 0 Å². The Balaban J connectivity index is 2.35. The van der Waals surface area contributed by atoms with E-state index in [-0.39, 0.29) is 0 Å². The number of nitrogens with zero attached hydrogens (tertiary/aromatic N) is 2. The predicted molar refractivity (Wildman–Crippen MR) is 64.1 cm³/mol. The third kappa shape index (κ3) is 1.29. The second-order valence-electron chi connectivity index (χ2n) is 3.74. The van der Waals surface area contributed by atoms with Gasteiger partial charge in [-0.15, -0.1) is 0 Å². The van der Waals surface area contributed by atoms with Gasteiger partial charge in [-0.1, -0.05) is 30.3 Å². The number of aryl methyl sites for hydroxylation is 1. The molecule has 2 aromatic heterocycles. The maximum Gasteiger partial charge on any atom is 0.156 e. The average molecular weight is 209 g/mol. The van der Waals surface area contributed by atoms with E-state index in [1.54, 1.807) is 12.4 Å². The molecule has 3 heteroatoms. The molecular formula is C13H11N3. The molecule has 0 saturated carbocycles. The molecule has 1 N–H and O–H groups in total. The SMILES string of the molecule is Cc1[nH]c2nccnc2c1-c1ccccc1. The standard InChI is InChI=1S/C13H11N3/c1-9-11(10-5-3-2-4-6-10)12-13(16-9)15-8-7-14-12/h2-8H,1H3,(H,15,16). The van der Waals surface area contributed by atoms with Crippen LogP contribution in [0.3, 0.4) is 0 Å². The van der Waals surface area contributed by atoms with Crippen LogP contribution in [0.2, 0.25) is 0 Å². The van der Waals surface area contributed by atoms with Crippen LogP contribution < -0.4 is 0 Å². The summed E-state index contributed by atoms with van der Waals surface area (Å²) in [6.07, 6.45) is 3.43. The largest absolute Gasteiger partial charge is 0.342 e. The van der Waals surface area contributed by atoms with Crippen LogP contribution in [0.15, 0.2) is 42.7 Å². The number of benzene rings is 1. The van der Waals surface area contributed by atoms with E-state index < -0.39 is 0 Å². The Labute approximate surface area is 93.2 Å². The monoisotopic (exact) mass is 209 g/mol. The van der Waals surface area contributed by atoms with Crippen molar-refractivity contribution in [3.8, 4) is 11.1 Å². The predicted octanol–water partition coefficient (Wildman–Crippen LogP) is 2.93. The van der Waals surface area contributed by atoms with Gasteiger partial charge in [-0.05, 0) is 12.5 Å². The molecule has 16 heavy (non-hydrogen) atoms. The Kier molecular flexibility index (Phi) is 1.96. The first-order chi connectivity index (χ1) is 7.86. The molecular weight excluding hydrogens is 198 g/mol. The fourth-order valence-electron chi connectivity index (χ4n) is 1.99. The second-order valence-corrected chi connectivity index (χ2v) is 3.74. The highest BCUT2D eigenvalue weighted by Gasteiger charge is 2.11. The summed E-state index contributed by atoms with van der Waals surface area (Å²) < 4.78 is 0. The molecule has 0 unspecified atom stereocenters. The van der Waals surface area contributed by atoms with E-state index in [2.05, 4.69) is 27.1 Å². The van der Waals surface area contributed by atoms with Crippen molar-refractivity contribution in [2.24, 2.45) is 0 Å². The van der Waals surface area contributed by atoms with Crippen molar-refractivity contribution in [2.75, 3.05) is 0 Å². The molecule has 0 spiro atoms. The van der Waals surface area contributed by atoms with Crippen LogP contribution in [-0.4, -0.2) is 15.0 Å². The number of rotatable bonds is 1. The van der Waals surface area contributed by atoms with Crippen LogP contribution in [0, 0.1) is 6.92 Å². The Hall–Kier alpha value is -2.16. The van der Waals surface area contributed by atoms with Crippen molar-refractivity contribution in [2.45, 2.75) is 6.92 Å². The van der Waals surface area contributed by atoms with Gasteiger partial charge in [0.15, 0.2) is 5.65 Å². The summed E-state index contributed by atoms with van der Waals surface area (Å²) in [6.45, 7) is 2.05. The van der Waals surface area contributed by atoms with Gasteiger partial charge in [0.1, 0.15) is 5.52 Å². The lowest BCUT2D eigenvalue weighted by Crippen LogP contribution is -1.81. The second kappa shape index (κ2) is 3.45. The van der Waals surface area contributed by atoms with E-state index in [0.29, 0.717) is 0 Å². The molecule has 0 saturated heterocycles. The lowest BCUT2D eigenvalue weighted by Gasteiger charge is -1.99. The van der Waals surface area contributed by atoms with Crippen molar-refractivity contribution in [3.63, 3.8) is 0 Å². The number of fused-ring (bicyclic) bond motifs is 1. The smallest absolute Gasteiger partial charge is 0.156 e. The Morgan fingerprint density at radius 2 is 1.75 bits per heavy atom. The van der Waals surface area contributed by atoms with E-state index in [9.17, 15) is 0 Å². The highest BCUT2D eigenvalue weighted by atomic mass is 14.9. The van der Waals surface area contributed by atoms with Crippen LogP contribution in [0.1, 0.15) is 5.69 Å². The molecule has 0 atom stereocenters. The fraction of sp³-hybridized carbons (Fsp3) is 0.0769. The summed E-state index contributed by atoms with van der Waals surface area (Å²) in [6, 6.07) is 10.3. The van der Waals surface area contributed by atoms with Crippen LogP contribution in [0.25, 0.3) is 22.3 Å². The maximum atomic E-state index is 4.38. The highest BCUT2D eigenvalue weighted by Crippen LogP contribution is 2.29. The van der Waals surface area contributed by atoms with Gasteiger partial charge in [0.2, 0.25) is 0 Å². The van der Waals surface area contributed by atoms with Crippen molar-refractivity contribution >= 4 is 11.2 Å². The van der Waals surface area contributed by atoms with E-state index in [0.717, 1.165) is 22.4 Å². The summed E-state index contributed by atoms with van der Waals surface area (Å²) >= 11 is 0. The molecule has 0 amide bonds. The zero-order chi connectivity index (χ0) is 11.0. The van der Waals surface area contributed by atoms with Gasteiger partial charge in [0.05, 0.1) is 0 Å². The molecule has 0 radical (unpaired) electrons. The Bertz CT molecular complexity index is 626. The number of aromatic amines is 1. The van der Waals surface area contributed by atoms with Gasteiger partial charge in [-0.25, -0.2) is 4.98 Å². The van der Waals surface area contributed by atoms with E-state index in [4.69, 9.17) is 0 Å². The topological polar surface area (TPSA) is 41.6 Å². The quantitative estimate of drug-likeness (QED) is 0.669. The van der Waals surface area contributed by atoms with Crippen LogP contribution in [0.4, 0.5) is 0 Å². The number of hydrogen-bond acceptors (Lipinski definition) is 2. The van der Waals surface area contributed by atoms with Crippen molar-refractivity contribution in [1.82, 2.24) is 15.0 Å². The van der Waals surface area contributed by atoms with Crippen molar-refractivity contribution in [1.29, 1.82) is 0 Å². The Morgan fingerprint density at radius 3 is 2.56 bits per heavy atom. The minimum absolute atomic E-state index is 0.846. The first kappa shape index (κ1) is 9.09. The maximum absolute atomic E-state index is 4.38. The van der Waals surface area contributed by atoms with E-state index in [1.165, 1.54) is 5.56 Å². The molecule has 78 valence electrons. The third-order valence-electron chi connectivity index (χ3n) is 2.68. The van der Waals surface area contributed by atoms with Crippen molar-refractivity contribution in [3.05, 3.63) is 48.4 Å². The van der Waals surface area contributed by atoms with Gasteiger partial charge in [-0.2, -0.15) is 0 Å². The van der Waals surface area contributed by atoms with Gasteiger partial charge < -0.3 is 4.98 Å². The first-order valence-electron chi connectivity index (χ1n) is 5.21. The van der Waals surface area contributed by atoms with Gasteiger partial charge in [-0.3, -0.25) is 4.98 Å². The Morgan fingerprint density at radius 1 is 1.00 bits per heavy atom. The minimum atomic E-state index is 0.846. The summed E-state index contributed by atoms with van der Waals surface area (Å²) in [5.74, 6) is 0. The molecule has 0 aliphatic rings. The minimum Gasteiger partial charge on any atom is -0.342 e. The molecule has 0 aliphatic heterocycles. The fourth-order valence-corrected chi connectivity index (χ4v) is 1.99. The molecule has 1 aromatic carbocycles. The molecule has 2 heterocycles. The number of aromatic nitrogens is 3. The summed E-state index contributed by atoms with van der Waals surface area (Å²) in [7, 11) is 0. The number of nitrogens with one attached hydrogen (secondary N) is 1. The van der Waals surface area contributed by atoms with E-state index in [1.807, 2.05) is 25.1 Å². The van der Waals surface area contributed by atoms with Gasteiger partial charge in [0, 0.05) is 23.7 Å². The van der Waals surface area contributed by atoms with Crippen LogP contribution >= 0.6 is 0 Å². The molecule has 3 rings (SSSR count). The zero-order valence-electron chi connectivity index (χ0n) is 8.94. The lowest BCUT2D eigenvalue weighted by atomic mass is 10.1. The molecule has 0 bridgehead atoms. The van der Waals surface area contributed by atoms with Crippen LogP contribution in [0.5, 0.6) is 0 Å². The normalized spacial score (nSPS) is 10.8. The number of H-pyrrole nitrogens is 1. The molecule has 3 aromatic rings. The molecule has 3 nitrogen and oxygen atoms in total. The molecule has 0 aliphatic carbocycles. The first-order valence-corrected chi connectivity index (χ1v) is 5.21. The summed E-state index contributed by atoms with van der Waals surface area (Å²) in [5.41, 5.74) is 5.20. The molecule has 0 fully saturated rings. The highest BCUT2D eigenvalue weighted by molar-refractivity contribution is 5.92. The average Bonchev–Trinajstić information content (AvgIpc) is 2.66. The van der Waals surface area contributed by atoms with Crippen LogP contribution in [-0.2, 0) is 0 Å². The zero-order valence-corrected chi connectivity index (χ0v) is 8.94. The third-order valence-corrected chi connectivity index (χ3v) is 2.68. The number of hydrogen-bond donors (Lipinski definition) is 1. The summed E-state index contributed by atoms with van der Waals surface area (Å²) in [4.78, 5) is 11.9. The lowest BCUT2D eigenvalue weighted by molar-refractivity contribution is 1.23. The van der Waals surface area contributed by atoms with Gasteiger partial charge >= 0.3 is 0 Å². The van der Waals surface area contributed by atoms with Gasteiger partial charge in [0.25, 0.3) is 0 Å². The van der Waals surface area contributed by atoms with E-state index >= 15 is 0 Å².